The molecule has 0 aliphatic carbocycles. The molecule has 0 atom stereocenters. The number of nitrogens with zero attached hydrogens (tertiary/aromatic N) is 2. The van der Waals surface area contributed by atoms with Crippen LogP contribution >= 0.6 is 0 Å². The summed E-state index contributed by atoms with van der Waals surface area (Å²) in [7, 11) is 0. The smallest absolute Gasteiger partial charge is 0.0541 e. The summed E-state index contributed by atoms with van der Waals surface area (Å²) in [6.07, 6.45) is 0. The SMILES string of the molecule is c1ccc(-c2ccc(N(c3ccc(-c4ccccc4-n4c5ccccc5c5ccccc54)cc3)c3ccccc3-c3ccccc3-c3cccc4ccccc34)cc2)cc1. The normalized spacial score (nSPS) is 11.3. The Balaban J connectivity index is 1.06. The largest absolute Gasteiger partial charge is 0.310 e. The van der Waals surface area contributed by atoms with Gasteiger partial charge < -0.3 is 9.47 Å². The Hall–Kier alpha value is -7.94. The lowest BCUT2D eigenvalue weighted by Crippen LogP contribution is -2.11. The molecule has 0 spiro atoms. The first-order valence-electron chi connectivity index (χ1n) is 20.6. The Morgan fingerprint density at radius 2 is 0.717 bits per heavy atom. The second-order valence-electron chi connectivity index (χ2n) is 15.3. The summed E-state index contributed by atoms with van der Waals surface area (Å²) in [6.45, 7) is 0. The lowest BCUT2D eigenvalue weighted by Gasteiger charge is -2.29. The Kier molecular flexibility index (Phi) is 8.87. The van der Waals surface area contributed by atoms with Crippen molar-refractivity contribution < 1.29 is 0 Å². The first-order chi connectivity index (χ1) is 29.8. The van der Waals surface area contributed by atoms with Gasteiger partial charge in [-0.15, -0.1) is 0 Å². The minimum absolute atomic E-state index is 1.08. The summed E-state index contributed by atoms with van der Waals surface area (Å²) in [5.74, 6) is 0. The van der Waals surface area contributed by atoms with Crippen LogP contribution in [0.4, 0.5) is 17.1 Å². The monoisotopic (exact) mass is 764 g/mol. The van der Waals surface area contributed by atoms with E-state index in [1.165, 1.54) is 66.0 Å². The molecule has 0 amide bonds. The third-order valence-corrected chi connectivity index (χ3v) is 11.8. The van der Waals surface area contributed by atoms with Crippen molar-refractivity contribution in [2.24, 2.45) is 0 Å². The highest BCUT2D eigenvalue weighted by atomic mass is 15.1. The lowest BCUT2D eigenvalue weighted by atomic mass is 9.90. The van der Waals surface area contributed by atoms with Gasteiger partial charge in [0.15, 0.2) is 0 Å². The van der Waals surface area contributed by atoms with Gasteiger partial charge in [0.05, 0.1) is 22.4 Å². The van der Waals surface area contributed by atoms with Crippen LogP contribution in [0.15, 0.2) is 243 Å². The van der Waals surface area contributed by atoms with E-state index in [1.54, 1.807) is 0 Å². The molecule has 1 heterocycles. The second-order valence-corrected chi connectivity index (χ2v) is 15.3. The average molecular weight is 765 g/mol. The first kappa shape index (κ1) is 35.2. The molecule has 0 radical (unpaired) electrons. The molecule has 282 valence electrons. The van der Waals surface area contributed by atoms with Gasteiger partial charge >= 0.3 is 0 Å². The lowest BCUT2D eigenvalue weighted by molar-refractivity contribution is 1.18. The van der Waals surface area contributed by atoms with Gasteiger partial charge in [0.25, 0.3) is 0 Å². The third kappa shape index (κ3) is 6.14. The van der Waals surface area contributed by atoms with Crippen LogP contribution in [0.25, 0.3) is 82.8 Å². The van der Waals surface area contributed by atoms with E-state index in [4.69, 9.17) is 0 Å². The molecule has 60 heavy (non-hydrogen) atoms. The van der Waals surface area contributed by atoms with Gasteiger partial charge in [-0.05, 0) is 92.7 Å². The van der Waals surface area contributed by atoms with Crippen molar-refractivity contribution in [1.29, 1.82) is 0 Å². The molecule has 2 heteroatoms. The Morgan fingerprint density at radius 3 is 1.40 bits per heavy atom. The standard InChI is InChI=1S/C58H40N2/c1-2-17-41(18-3-1)42-33-37-45(38-34-42)59(56-30-13-9-25-52(56)51-24-7-6-23-50(51)49-28-16-20-43-19-4-5-21-47(43)49)46-39-35-44(36-40-46)48-22-8-12-29-55(48)60-57-31-14-10-26-53(57)54-27-11-15-32-58(54)60/h1-40H. The predicted octanol–water partition coefficient (Wildman–Crippen LogP) is 16.1. The maximum Gasteiger partial charge on any atom is 0.0541 e. The number of fused-ring (bicyclic) bond motifs is 4. The topological polar surface area (TPSA) is 8.17 Å². The molecular weight excluding hydrogens is 725 g/mol. The molecular formula is C58H40N2. The van der Waals surface area contributed by atoms with Crippen LogP contribution in [-0.2, 0) is 0 Å². The van der Waals surface area contributed by atoms with Crippen molar-refractivity contribution in [3.05, 3.63) is 243 Å². The molecule has 0 saturated carbocycles. The van der Waals surface area contributed by atoms with E-state index in [1.807, 2.05) is 0 Å². The van der Waals surface area contributed by atoms with Crippen molar-refractivity contribution in [3.63, 3.8) is 0 Å². The molecule has 0 bridgehead atoms. The van der Waals surface area contributed by atoms with Crippen LogP contribution in [0.3, 0.4) is 0 Å². The maximum absolute atomic E-state index is 2.41. The second kappa shape index (κ2) is 15.1. The van der Waals surface area contributed by atoms with Crippen LogP contribution in [0.1, 0.15) is 0 Å². The minimum atomic E-state index is 1.08. The predicted molar refractivity (Wildman–Crippen MR) is 255 cm³/mol. The number of para-hydroxylation sites is 4. The highest BCUT2D eigenvalue weighted by molar-refractivity contribution is 6.10. The summed E-state index contributed by atoms with van der Waals surface area (Å²) >= 11 is 0. The van der Waals surface area contributed by atoms with Gasteiger partial charge in [0.2, 0.25) is 0 Å². The van der Waals surface area contributed by atoms with Gasteiger partial charge in [-0.2, -0.15) is 0 Å². The summed E-state index contributed by atoms with van der Waals surface area (Å²) in [6, 6.07) is 87.8. The van der Waals surface area contributed by atoms with Gasteiger partial charge in [-0.25, -0.2) is 0 Å². The van der Waals surface area contributed by atoms with Crippen LogP contribution in [0.5, 0.6) is 0 Å². The summed E-state index contributed by atoms with van der Waals surface area (Å²) in [4.78, 5) is 2.41. The van der Waals surface area contributed by atoms with E-state index in [0.29, 0.717) is 0 Å². The van der Waals surface area contributed by atoms with Crippen molar-refractivity contribution >= 4 is 49.6 Å². The number of hydrogen-bond acceptors (Lipinski definition) is 1. The highest BCUT2D eigenvalue weighted by Crippen LogP contribution is 2.45. The van der Waals surface area contributed by atoms with E-state index in [9.17, 15) is 0 Å². The van der Waals surface area contributed by atoms with E-state index < -0.39 is 0 Å². The molecule has 0 unspecified atom stereocenters. The fourth-order valence-electron chi connectivity index (χ4n) is 9.06. The molecule has 0 aliphatic rings. The third-order valence-electron chi connectivity index (χ3n) is 11.8. The van der Waals surface area contributed by atoms with Crippen molar-refractivity contribution in [2.45, 2.75) is 0 Å². The highest BCUT2D eigenvalue weighted by Gasteiger charge is 2.21. The van der Waals surface area contributed by atoms with E-state index >= 15 is 0 Å². The van der Waals surface area contributed by atoms with Crippen LogP contribution in [-0.4, -0.2) is 4.57 Å². The number of benzene rings is 10. The van der Waals surface area contributed by atoms with Crippen LogP contribution in [0, 0.1) is 0 Å². The molecule has 0 saturated heterocycles. The van der Waals surface area contributed by atoms with Crippen LogP contribution in [0.2, 0.25) is 0 Å². The summed E-state index contributed by atoms with van der Waals surface area (Å²) < 4.78 is 2.41. The van der Waals surface area contributed by atoms with Crippen molar-refractivity contribution in [2.75, 3.05) is 4.90 Å². The fourth-order valence-corrected chi connectivity index (χ4v) is 9.06. The molecule has 1 aromatic heterocycles. The average Bonchev–Trinajstić information content (AvgIpc) is 3.67. The number of hydrogen-bond donors (Lipinski definition) is 0. The summed E-state index contributed by atoms with van der Waals surface area (Å²) in [5.41, 5.74) is 16.3. The Morgan fingerprint density at radius 1 is 0.267 bits per heavy atom. The fraction of sp³-hybridized carbons (Fsp3) is 0. The van der Waals surface area contributed by atoms with Gasteiger partial charge in [0, 0.05) is 33.3 Å². The van der Waals surface area contributed by atoms with Gasteiger partial charge in [-0.1, -0.05) is 194 Å². The molecule has 11 rings (SSSR count). The first-order valence-corrected chi connectivity index (χ1v) is 20.6. The van der Waals surface area contributed by atoms with Crippen molar-refractivity contribution in [3.8, 4) is 50.2 Å². The zero-order valence-electron chi connectivity index (χ0n) is 33.0. The molecule has 0 N–H and O–H groups in total. The zero-order chi connectivity index (χ0) is 39.8. The van der Waals surface area contributed by atoms with E-state index in [2.05, 4.69) is 252 Å². The molecule has 11 aromatic rings. The zero-order valence-corrected chi connectivity index (χ0v) is 33.0. The Bertz CT molecular complexity index is 3240. The molecule has 2 nitrogen and oxygen atoms in total. The van der Waals surface area contributed by atoms with Gasteiger partial charge in [-0.3, -0.25) is 0 Å². The Labute approximate surface area is 350 Å². The number of rotatable bonds is 8. The number of aromatic nitrogens is 1. The van der Waals surface area contributed by atoms with E-state index in [0.717, 1.165) is 33.9 Å². The quantitative estimate of drug-likeness (QED) is 0.150. The maximum atomic E-state index is 2.41. The minimum Gasteiger partial charge on any atom is -0.310 e. The molecule has 10 aromatic carbocycles. The summed E-state index contributed by atoms with van der Waals surface area (Å²) in [5, 5.41) is 4.99. The molecule has 0 fully saturated rings. The van der Waals surface area contributed by atoms with Crippen LogP contribution < -0.4 is 4.90 Å². The molecule has 0 aliphatic heterocycles. The number of anilines is 3. The van der Waals surface area contributed by atoms with Gasteiger partial charge in [0.1, 0.15) is 0 Å². The van der Waals surface area contributed by atoms with E-state index in [-0.39, 0.29) is 0 Å². The van der Waals surface area contributed by atoms with Crippen molar-refractivity contribution in [1.82, 2.24) is 4.57 Å².